The van der Waals surface area contributed by atoms with Gasteiger partial charge in [-0.25, -0.2) is 0 Å². The lowest BCUT2D eigenvalue weighted by atomic mass is 10.0. The zero-order chi connectivity index (χ0) is 21.5. The Balaban J connectivity index is 1.62. The van der Waals surface area contributed by atoms with E-state index in [0.717, 1.165) is 54.3 Å². The van der Waals surface area contributed by atoms with Crippen LogP contribution in [0.25, 0.3) is 11.3 Å². The summed E-state index contributed by atoms with van der Waals surface area (Å²) in [6.07, 6.45) is 4.15. The van der Waals surface area contributed by atoms with Crippen molar-refractivity contribution in [2.24, 2.45) is 0 Å². The van der Waals surface area contributed by atoms with E-state index >= 15 is 0 Å². The summed E-state index contributed by atoms with van der Waals surface area (Å²) < 4.78 is 5.95. The van der Waals surface area contributed by atoms with Crippen LogP contribution in [0.1, 0.15) is 49.8 Å². The first-order valence-electron chi connectivity index (χ1n) is 11.5. The minimum absolute atomic E-state index is 0.522. The van der Waals surface area contributed by atoms with Gasteiger partial charge >= 0.3 is 0 Å². The van der Waals surface area contributed by atoms with E-state index in [4.69, 9.17) is 4.52 Å². The summed E-state index contributed by atoms with van der Waals surface area (Å²) >= 11 is 0. The molecule has 1 aliphatic heterocycles. The Hall–Kier alpha value is -2.63. The van der Waals surface area contributed by atoms with Gasteiger partial charge in [-0.15, -0.1) is 0 Å². The van der Waals surface area contributed by atoms with Crippen LogP contribution in [0.5, 0.6) is 0 Å². The van der Waals surface area contributed by atoms with Crippen molar-refractivity contribution < 1.29 is 9.63 Å². The molecule has 4 rings (SSSR count). The summed E-state index contributed by atoms with van der Waals surface area (Å²) in [5.74, 6) is 0.897. The van der Waals surface area contributed by atoms with Gasteiger partial charge < -0.3 is 14.5 Å². The van der Waals surface area contributed by atoms with E-state index in [9.17, 15) is 5.11 Å². The van der Waals surface area contributed by atoms with Crippen LogP contribution in [0.4, 0.5) is 5.88 Å². The quantitative estimate of drug-likeness (QED) is 0.512. The van der Waals surface area contributed by atoms with E-state index in [-0.39, 0.29) is 0 Å². The van der Waals surface area contributed by atoms with Gasteiger partial charge in [0, 0.05) is 31.7 Å². The third-order valence-corrected chi connectivity index (χ3v) is 5.99. The van der Waals surface area contributed by atoms with E-state index < -0.39 is 6.10 Å². The average Bonchev–Trinajstić information content (AvgIpc) is 3.24. The number of aromatic nitrogens is 1. The smallest absolute Gasteiger partial charge is 0.232 e. The largest absolute Gasteiger partial charge is 0.387 e. The molecule has 5 heteroatoms. The predicted molar refractivity (Wildman–Crippen MR) is 125 cm³/mol. The molecule has 1 N–H and O–H groups in total. The Morgan fingerprint density at radius 1 is 1.00 bits per heavy atom. The molecule has 5 nitrogen and oxygen atoms in total. The van der Waals surface area contributed by atoms with E-state index in [1.807, 2.05) is 48.5 Å². The molecule has 1 fully saturated rings. The lowest BCUT2D eigenvalue weighted by Crippen LogP contribution is -2.32. The molecule has 2 aromatic carbocycles. The Labute approximate surface area is 185 Å². The van der Waals surface area contributed by atoms with Crippen LogP contribution >= 0.6 is 0 Å². The van der Waals surface area contributed by atoms with Crippen LogP contribution in [0.2, 0.25) is 0 Å². The van der Waals surface area contributed by atoms with Crippen molar-refractivity contribution in [2.75, 3.05) is 31.1 Å². The molecule has 1 aromatic heterocycles. The summed E-state index contributed by atoms with van der Waals surface area (Å²) in [6, 6.07) is 20.2. The van der Waals surface area contributed by atoms with Gasteiger partial charge in [0.25, 0.3) is 0 Å². The summed E-state index contributed by atoms with van der Waals surface area (Å²) in [5, 5.41) is 15.4. The zero-order valence-electron chi connectivity index (χ0n) is 18.4. The Kier molecular flexibility index (Phi) is 7.39. The lowest BCUT2D eigenvalue weighted by Gasteiger charge is -2.29. The fraction of sp³-hybridized carbons (Fsp3) is 0.423. The number of aliphatic hydroxyl groups is 1. The number of benzene rings is 2. The second kappa shape index (κ2) is 10.6. The van der Waals surface area contributed by atoms with E-state index in [0.29, 0.717) is 13.1 Å². The second-order valence-corrected chi connectivity index (χ2v) is 8.39. The molecule has 1 saturated heterocycles. The maximum Gasteiger partial charge on any atom is 0.232 e. The molecule has 1 aliphatic rings. The van der Waals surface area contributed by atoms with Crippen molar-refractivity contribution in [3.63, 3.8) is 0 Å². The van der Waals surface area contributed by atoms with Gasteiger partial charge in [-0.05, 0) is 37.8 Å². The summed E-state index contributed by atoms with van der Waals surface area (Å²) in [5.41, 5.74) is 4.07. The van der Waals surface area contributed by atoms with Crippen molar-refractivity contribution in [1.82, 2.24) is 10.1 Å². The van der Waals surface area contributed by atoms with E-state index in [2.05, 4.69) is 34.0 Å². The first-order valence-corrected chi connectivity index (χ1v) is 11.5. The summed E-state index contributed by atoms with van der Waals surface area (Å²) in [6.45, 7) is 6.39. The monoisotopic (exact) mass is 419 g/mol. The predicted octanol–water partition coefficient (Wildman–Crippen LogP) is 5.28. The molecule has 0 aliphatic carbocycles. The number of hydrogen-bond donors (Lipinski definition) is 1. The van der Waals surface area contributed by atoms with Gasteiger partial charge in [0.2, 0.25) is 5.88 Å². The third-order valence-electron chi connectivity index (χ3n) is 5.99. The lowest BCUT2D eigenvalue weighted by molar-refractivity contribution is 0.109. The molecule has 0 radical (unpaired) electrons. The Morgan fingerprint density at radius 3 is 2.35 bits per heavy atom. The van der Waals surface area contributed by atoms with Crippen molar-refractivity contribution in [3.8, 4) is 11.3 Å². The number of rotatable bonds is 9. The van der Waals surface area contributed by atoms with Gasteiger partial charge in [0.1, 0.15) is 5.69 Å². The number of hydrogen-bond acceptors (Lipinski definition) is 5. The molecule has 1 unspecified atom stereocenters. The van der Waals surface area contributed by atoms with Crippen LogP contribution in [-0.4, -0.2) is 41.3 Å². The molecule has 3 aromatic rings. The average molecular weight is 420 g/mol. The highest BCUT2D eigenvalue weighted by Crippen LogP contribution is 2.34. The number of piperidine rings is 1. The molecule has 0 amide bonds. The fourth-order valence-corrected chi connectivity index (χ4v) is 4.41. The van der Waals surface area contributed by atoms with Gasteiger partial charge in [-0.1, -0.05) is 72.7 Å². The van der Waals surface area contributed by atoms with Gasteiger partial charge in [-0.2, -0.15) is 0 Å². The third kappa shape index (κ3) is 5.35. The molecule has 1 atom stereocenters. The van der Waals surface area contributed by atoms with Crippen molar-refractivity contribution in [1.29, 1.82) is 0 Å². The fourth-order valence-electron chi connectivity index (χ4n) is 4.41. The van der Waals surface area contributed by atoms with Gasteiger partial charge in [0.05, 0.1) is 11.7 Å². The minimum Gasteiger partial charge on any atom is -0.387 e. The minimum atomic E-state index is -0.522. The molecule has 2 heterocycles. The van der Waals surface area contributed by atoms with E-state index in [1.54, 1.807) is 0 Å². The van der Waals surface area contributed by atoms with Crippen molar-refractivity contribution >= 4 is 5.88 Å². The molecule has 0 spiro atoms. The highest BCUT2D eigenvalue weighted by atomic mass is 16.5. The van der Waals surface area contributed by atoms with Gasteiger partial charge in [-0.3, -0.25) is 4.90 Å². The summed E-state index contributed by atoms with van der Waals surface area (Å²) in [7, 11) is 0. The molecule has 31 heavy (non-hydrogen) atoms. The molecule has 0 saturated carbocycles. The SMILES string of the molecule is CCCN(Cc1c(-c2ccccc2)noc1N1CCCCC1)CC(O)c1ccccc1. The maximum atomic E-state index is 10.9. The maximum absolute atomic E-state index is 10.9. The zero-order valence-corrected chi connectivity index (χ0v) is 18.4. The highest BCUT2D eigenvalue weighted by Gasteiger charge is 2.26. The van der Waals surface area contributed by atoms with Crippen molar-refractivity contribution in [3.05, 3.63) is 71.8 Å². The van der Waals surface area contributed by atoms with Gasteiger partial charge in [0.15, 0.2) is 0 Å². The first kappa shape index (κ1) is 21.6. The normalized spacial score (nSPS) is 15.4. The topological polar surface area (TPSA) is 52.7 Å². The molecule has 164 valence electrons. The van der Waals surface area contributed by atoms with Crippen LogP contribution in [0.15, 0.2) is 65.2 Å². The molecular weight excluding hydrogens is 386 g/mol. The number of nitrogens with zero attached hydrogens (tertiary/aromatic N) is 3. The number of aliphatic hydroxyl groups excluding tert-OH is 1. The highest BCUT2D eigenvalue weighted by molar-refractivity contribution is 5.68. The first-order chi connectivity index (χ1) is 15.3. The van der Waals surface area contributed by atoms with Crippen LogP contribution < -0.4 is 4.90 Å². The van der Waals surface area contributed by atoms with E-state index in [1.165, 1.54) is 19.3 Å². The van der Waals surface area contributed by atoms with Crippen LogP contribution in [-0.2, 0) is 6.54 Å². The standard InChI is InChI=1S/C26H33N3O2/c1-2-16-28(20-24(30)21-12-6-3-7-13-21)19-23-25(22-14-8-4-9-15-22)27-31-26(23)29-17-10-5-11-18-29/h3-4,6-9,12-15,24,30H,2,5,10-11,16-20H2,1H3. The van der Waals surface area contributed by atoms with Crippen LogP contribution in [0, 0.1) is 0 Å². The van der Waals surface area contributed by atoms with Crippen LogP contribution in [0.3, 0.4) is 0 Å². The number of anilines is 1. The molecule has 0 bridgehead atoms. The van der Waals surface area contributed by atoms with Crippen molar-refractivity contribution in [2.45, 2.75) is 45.3 Å². The Bertz CT molecular complexity index is 920. The second-order valence-electron chi connectivity index (χ2n) is 8.39. The molecular formula is C26H33N3O2. The Morgan fingerprint density at radius 2 is 1.68 bits per heavy atom. The summed E-state index contributed by atoms with van der Waals surface area (Å²) in [4.78, 5) is 4.67.